The molecule has 0 fully saturated rings. The Balaban J connectivity index is 3.24. The summed E-state index contributed by atoms with van der Waals surface area (Å²) in [5.74, 6) is 0. The fourth-order valence-electron chi connectivity index (χ4n) is 0.759. The minimum absolute atomic E-state index is 0.387. The maximum Gasteiger partial charge on any atom is 0.366 e. The van der Waals surface area contributed by atoms with Gasteiger partial charge in [-0.3, -0.25) is 0 Å². The highest BCUT2D eigenvalue weighted by Crippen LogP contribution is 2.08. The third-order valence-corrected chi connectivity index (χ3v) is 2.01. The Hall–Kier alpha value is -0.910. The van der Waals surface area contributed by atoms with E-state index in [0.29, 0.717) is 6.54 Å². The molecule has 0 atom stereocenters. The van der Waals surface area contributed by atoms with Crippen LogP contribution in [0.3, 0.4) is 0 Å². The van der Waals surface area contributed by atoms with Crippen LogP contribution in [-0.2, 0) is 16.8 Å². The topological polar surface area (TPSA) is 52.0 Å². The van der Waals surface area contributed by atoms with Gasteiger partial charge in [0.2, 0.25) is 0 Å². The van der Waals surface area contributed by atoms with Crippen LogP contribution in [0.15, 0.2) is 17.6 Å². The van der Waals surface area contributed by atoms with Gasteiger partial charge in [0.15, 0.2) is 0 Å². The smallest absolute Gasteiger partial charge is 0.320 e. The maximum atomic E-state index is 12.3. The van der Waals surface area contributed by atoms with E-state index < -0.39 is 15.4 Å². The number of hydrogen-bond acceptors (Lipinski definition) is 3. The monoisotopic (exact) mass is 178 g/mol. The van der Waals surface area contributed by atoms with Crippen LogP contribution in [0.1, 0.15) is 6.92 Å². The van der Waals surface area contributed by atoms with Crippen LogP contribution >= 0.6 is 0 Å². The molecule has 6 heteroatoms. The summed E-state index contributed by atoms with van der Waals surface area (Å²) in [6, 6.07) is 0. The van der Waals surface area contributed by atoms with Gasteiger partial charge in [-0.1, -0.05) is 3.89 Å². The van der Waals surface area contributed by atoms with E-state index in [9.17, 15) is 12.3 Å². The molecule has 0 radical (unpaired) electrons. The van der Waals surface area contributed by atoms with Gasteiger partial charge >= 0.3 is 10.2 Å². The van der Waals surface area contributed by atoms with E-state index >= 15 is 0 Å². The number of hydrogen-bond donors (Lipinski definition) is 0. The first-order valence-electron chi connectivity index (χ1n) is 3.01. The van der Waals surface area contributed by atoms with Crippen molar-refractivity contribution in [3.63, 3.8) is 0 Å². The van der Waals surface area contributed by atoms with Crippen molar-refractivity contribution in [2.75, 3.05) is 0 Å². The van der Waals surface area contributed by atoms with E-state index in [1.807, 2.05) is 0 Å². The van der Waals surface area contributed by atoms with Crippen molar-refractivity contribution in [2.45, 2.75) is 18.6 Å². The van der Waals surface area contributed by atoms with Gasteiger partial charge < -0.3 is 4.57 Å². The van der Waals surface area contributed by atoms with Gasteiger partial charge in [0, 0.05) is 18.9 Å². The summed E-state index contributed by atoms with van der Waals surface area (Å²) < 4.78 is 34.2. The van der Waals surface area contributed by atoms with E-state index in [-0.39, 0.29) is 0 Å². The Bertz CT molecular complexity index is 343. The Labute approximate surface area is 63.9 Å². The van der Waals surface area contributed by atoms with Crippen molar-refractivity contribution in [1.29, 1.82) is 0 Å². The molecule has 0 amide bonds. The zero-order chi connectivity index (χ0) is 8.48. The zero-order valence-electron chi connectivity index (χ0n) is 5.86. The third-order valence-electron chi connectivity index (χ3n) is 1.24. The fourth-order valence-corrected chi connectivity index (χ4v) is 1.42. The Morgan fingerprint density at radius 2 is 2.36 bits per heavy atom. The molecule has 0 unspecified atom stereocenters. The molecule has 0 aromatic carbocycles. The lowest BCUT2D eigenvalue weighted by atomic mass is 10.7. The number of aryl methyl sites for hydroxylation is 1. The van der Waals surface area contributed by atoms with Crippen molar-refractivity contribution in [2.24, 2.45) is 0 Å². The normalized spacial score (nSPS) is 11.8. The van der Waals surface area contributed by atoms with E-state index in [1.54, 1.807) is 6.92 Å². The van der Waals surface area contributed by atoms with Crippen LogP contribution in [-0.4, -0.2) is 18.0 Å². The summed E-state index contributed by atoms with van der Waals surface area (Å²) in [7, 11) is -4.65. The Morgan fingerprint density at radius 1 is 1.73 bits per heavy atom. The van der Waals surface area contributed by atoms with Crippen molar-refractivity contribution >= 4 is 10.2 Å². The van der Waals surface area contributed by atoms with Crippen molar-refractivity contribution in [3.05, 3.63) is 12.4 Å². The number of aromatic nitrogens is 2. The van der Waals surface area contributed by atoms with Gasteiger partial charge in [-0.25, -0.2) is 4.98 Å². The van der Waals surface area contributed by atoms with E-state index in [2.05, 4.69) is 4.98 Å². The highest BCUT2D eigenvalue weighted by molar-refractivity contribution is 7.86. The summed E-state index contributed by atoms with van der Waals surface area (Å²) in [5.41, 5.74) is 0. The standard InChI is InChI=1S/C5H7FN2O2S/c1-2-8-4-3-7-5(8)11(6,9)10/h3-4H,2H2,1H3. The molecule has 1 aromatic heterocycles. The quantitative estimate of drug-likeness (QED) is 0.622. The summed E-state index contributed by atoms with van der Waals surface area (Å²) in [5, 5.41) is -0.528. The minimum Gasteiger partial charge on any atom is -0.320 e. The first-order valence-corrected chi connectivity index (χ1v) is 4.40. The SMILES string of the molecule is CCn1ccnc1S(=O)(=O)F. The van der Waals surface area contributed by atoms with Crippen molar-refractivity contribution in [3.8, 4) is 0 Å². The lowest BCUT2D eigenvalue weighted by Crippen LogP contribution is -2.04. The van der Waals surface area contributed by atoms with Crippen molar-refractivity contribution < 1.29 is 12.3 Å². The molecule has 1 rings (SSSR count). The number of halogens is 1. The number of rotatable bonds is 2. The predicted octanol–water partition coefficient (Wildman–Crippen LogP) is 0.561. The zero-order valence-corrected chi connectivity index (χ0v) is 6.68. The molecule has 62 valence electrons. The van der Waals surface area contributed by atoms with Gasteiger partial charge in [-0.15, -0.1) is 0 Å². The summed E-state index contributed by atoms with van der Waals surface area (Å²) in [6.07, 6.45) is 2.66. The molecular weight excluding hydrogens is 171 g/mol. The largest absolute Gasteiger partial charge is 0.366 e. The second-order valence-electron chi connectivity index (χ2n) is 1.93. The lowest BCUT2D eigenvalue weighted by molar-refractivity contribution is 0.527. The third kappa shape index (κ3) is 1.56. The van der Waals surface area contributed by atoms with Crippen LogP contribution in [0.2, 0.25) is 0 Å². The molecular formula is C5H7FN2O2S. The molecule has 11 heavy (non-hydrogen) atoms. The predicted molar refractivity (Wildman–Crippen MR) is 36.2 cm³/mol. The molecule has 0 N–H and O–H groups in total. The maximum absolute atomic E-state index is 12.3. The Morgan fingerprint density at radius 3 is 2.73 bits per heavy atom. The van der Waals surface area contributed by atoms with Gasteiger partial charge in [0.05, 0.1) is 0 Å². The second-order valence-corrected chi connectivity index (χ2v) is 3.17. The van der Waals surface area contributed by atoms with E-state index in [4.69, 9.17) is 0 Å². The number of imidazole rings is 1. The van der Waals surface area contributed by atoms with Crippen LogP contribution in [0, 0.1) is 0 Å². The van der Waals surface area contributed by atoms with Gasteiger partial charge in [0.1, 0.15) is 0 Å². The van der Waals surface area contributed by atoms with Crippen LogP contribution in [0.5, 0.6) is 0 Å². The molecule has 0 aliphatic heterocycles. The second kappa shape index (κ2) is 2.61. The average molecular weight is 178 g/mol. The summed E-state index contributed by atoms with van der Waals surface area (Å²) in [6.45, 7) is 2.09. The lowest BCUT2D eigenvalue weighted by Gasteiger charge is -1.97. The highest BCUT2D eigenvalue weighted by Gasteiger charge is 2.17. The van der Waals surface area contributed by atoms with E-state index in [1.165, 1.54) is 17.0 Å². The highest BCUT2D eigenvalue weighted by atomic mass is 32.3. The number of nitrogens with zero attached hydrogens (tertiary/aromatic N) is 2. The molecule has 1 aromatic rings. The Kier molecular flexibility index (Phi) is 1.95. The van der Waals surface area contributed by atoms with Crippen molar-refractivity contribution in [1.82, 2.24) is 9.55 Å². The first kappa shape index (κ1) is 8.19. The molecule has 0 spiro atoms. The van der Waals surface area contributed by atoms with Crippen LogP contribution in [0.25, 0.3) is 0 Å². The minimum atomic E-state index is -4.65. The molecule has 0 saturated carbocycles. The molecule has 0 aliphatic rings. The first-order chi connectivity index (χ1) is 5.05. The van der Waals surface area contributed by atoms with Gasteiger partial charge in [-0.05, 0) is 6.92 Å². The summed E-state index contributed by atoms with van der Waals surface area (Å²) >= 11 is 0. The molecule has 0 bridgehead atoms. The van der Waals surface area contributed by atoms with Crippen LogP contribution in [0.4, 0.5) is 3.89 Å². The average Bonchev–Trinajstić information content (AvgIpc) is 2.31. The molecule has 0 saturated heterocycles. The fraction of sp³-hybridized carbons (Fsp3) is 0.400. The van der Waals surface area contributed by atoms with Crippen LogP contribution < -0.4 is 0 Å². The molecule has 4 nitrogen and oxygen atoms in total. The van der Waals surface area contributed by atoms with Gasteiger partial charge in [0.25, 0.3) is 5.16 Å². The molecule has 0 aliphatic carbocycles. The van der Waals surface area contributed by atoms with E-state index in [0.717, 1.165) is 0 Å². The summed E-state index contributed by atoms with van der Waals surface area (Å²) in [4.78, 5) is 3.36. The molecule has 1 heterocycles. The van der Waals surface area contributed by atoms with Gasteiger partial charge in [-0.2, -0.15) is 8.42 Å².